The Bertz CT molecular complexity index is 609. The third-order valence-electron chi connectivity index (χ3n) is 3.33. The molecule has 0 aromatic carbocycles. The first-order chi connectivity index (χ1) is 10.2. The van der Waals surface area contributed by atoms with Crippen molar-refractivity contribution in [3.8, 4) is 11.6 Å². The summed E-state index contributed by atoms with van der Waals surface area (Å²) < 4.78 is 20.9. The van der Waals surface area contributed by atoms with E-state index in [9.17, 15) is 4.39 Å². The monoisotopic (exact) mass is 290 g/mol. The summed E-state index contributed by atoms with van der Waals surface area (Å²) in [5.74, 6) is 0.701. The molecule has 0 unspecified atom stereocenters. The minimum Gasteiger partial charge on any atom is -0.435 e. The second-order valence-electron chi connectivity index (χ2n) is 5.31. The van der Waals surface area contributed by atoms with E-state index in [0.29, 0.717) is 24.2 Å². The summed E-state index contributed by atoms with van der Waals surface area (Å²) in [6, 6.07) is 2.02. The molecule has 2 aromatic heterocycles. The SMILES string of the molecule is CCCn1cc(Oc2ncc(F)cc2CNC2CC2)cn1. The Morgan fingerprint density at radius 3 is 3.05 bits per heavy atom. The maximum Gasteiger partial charge on any atom is 0.224 e. The summed E-state index contributed by atoms with van der Waals surface area (Å²) in [4.78, 5) is 4.05. The highest BCUT2D eigenvalue weighted by Crippen LogP contribution is 2.25. The van der Waals surface area contributed by atoms with Crippen LogP contribution in [0.1, 0.15) is 31.7 Å². The van der Waals surface area contributed by atoms with Gasteiger partial charge in [-0.2, -0.15) is 5.10 Å². The number of aromatic nitrogens is 3. The van der Waals surface area contributed by atoms with E-state index >= 15 is 0 Å². The number of nitrogens with zero attached hydrogens (tertiary/aromatic N) is 3. The Morgan fingerprint density at radius 2 is 2.29 bits per heavy atom. The first-order valence-electron chi connectivity index (χ1n) is 7.32. The van der Waals surface area contributed by atoms with Gasteiger partial charge in [-0.05, 0) is 25.3 Å². The third-order valence-corrected chi connectivity index (χ3v) is 3.33. The number of ether oxygens (including phenoxy) is 1. The fraction of sp³-hybridized carbons (Fsp3) is 0.467. The van der Waals surface area contributed by atoms with Gasteiger partial charge in [0.05, 0.1) is 18.6 Å². The summed E-state index contributed by atoms with van der Waals surface area (Å²) in [5, 5.41) is 7.55. The molecule has 2 heterocycles. The minimum absolute atomic E-state index is 0.350. The van der Waals surface area contributed by atoms with E-state index in [4.69, 9.17) is 4.74 Å². The molecule has 21 heavy (non-hydrogen) atoms. The van der Waals surface area contributed by atoms with Crippen LogP contribution in [0, 0.1) is 5.82 Å². The molecule has 1 fully saturated rings. The Morgan fingerprint density at radius 1 is 1.43 bits per heavy atom. The first kappa shape index (κ1) is 14.0. The smallest absolute Gasteiger partial charge is 0.224 e. The van der Waals surface area contributed by atoms with Crippen molar-refractivity contribution in [2.45, 2.75) is 45.3 Å². The molecule has 5 nitrogen and oxygen atoms in total. The van der Waals surface area contributed by atoms with E-state index in [0.717, 1.165) is 18.5 Å². The molecule has 112 valence electrons. The zero-order valence-electron chi connectivity index (χ0n) is 12.1. The van der Waals surface area contributed by atoms with Crippen molar-refractivity contribution >= 4 is 0 Å². The van der Waals surface area contributed by atoms with Crippen molar-refractivity contribution in [2.24, 2.45) is 0 Å². The molecular weight excluding hydrogens is 271 g/mol. The van der Waals surface area contributed by atoms with E-state index in [2.05, 4.69) is 22.3 Å². The van der Waals surface area contributed by atoms with Crippen LogP contribution in [0.5, 0.6) is 11.6 Å². The van der Waals surface area contributed by atoms with Gasteiger partial charge in [-0.3, -0.25) is 4.68 Å². The Labute approximate surface area is 123 Å². The van der Waals surface area contributed by atoms with Crippen LogP contribution in [0.2, 0.25) is 0 Å². The summed E-state index contributed by atoms with van der Waals surface area (Å²) >= 11 is 0. The highest BCUT2D eigenvalue weighted by molar-refractivity contribution is 5.30. The number of hydrogen-bond donors (Lipinski definition) is 1. The standard InChI is InChI=1S/C15H19FN4O/c1-2-5-20-10-14(9-19-20)21-15-11(6-12(16)8-18-15)7-17-13-3-4-13/h6,8-10,13,17H,2-5,7H2,1H3. The molecule has 0 saturated heterocycles. The number of halogens is 1. The predicted molar refractivity (Wildman–Crippen MR) is 76.6 cm³/mol. The average molecular weight is 290 g/mol. The summed E-state index contributed by atoms with van der Waals surface area (Å²) in [7, 11) is 0. The van der Waals surface area contributed by atoms with E-state index in [1.165, 1.54) is 25.1 Å². The van der Waals surface area contributed by atoms with Crippen molar-refractivity contribution in [1.82, 2.24) is 20.1 Å². The van der Waals surface area contributed by atoms with Crippen molar-refractivity contribution in [2.75, 3.05) is 0 Å². The normalized spacial score (nSPS) is 14.4. The van der Waals surface area contributed by atoms with Gasteiger partial charge < -0.3 is 10.1 Å². The molecule has 0 aliphatic heterocycles. The van der Waals surface area contributed by atoms with Crippen LogP contribution in [-0.2, 0) is 13.1 Å². The molecule has 0 bridgehead atoms. The maximum atomic E-state index is 13.4. The average Bonchev–Trinajstić information content (AvgIpc) is 3.20. The lowest BCUT2D eigenvalue weighted by molar-refractivity contribution is 0.447. The van der Waals surface area contributed by atoms with Crippen LogP contribution in [-0.4, -0.2) is 20.8 Å². The fourth-order valence-electron chi connectivity index (χ4n) is 2.09. The topological polar surface area (TPSA) is 52.0 Å². The second kappa shape index (κ2) is 6.22. The molecular formula is C15H19FN4O. The lowest BCUT2D eigenvalue weighted by Crippen LogP contribution is -2.16. The quantitative estimate of drug-likeness (QED) is 0.852. The van der Waals surface area contributed by atoms with Gasteiger partial charge in [0, 0.05) is 24.7 Å². The van der Waals surface area contributed by atoms with Crippen molar-refractivity contribution < 1.29 is 9.13 Å². The highest BCUT2D eigenvalue weighted by atomic mass is 19.1. The minimum atomic E-state index is -0.350. The van der Waals surface area contributed by atoms with E-state index in [1.807, 2.05) is 10.9 Å². The van der Waals surface area contributed by atoms with Crippen LogP contribution in [0.3, 0.4) is 0 Å². The summed E-state index contributed by atoms with van der Waals surface area (Å²) in [6.07, 6.45) is 8.02. The molecule has 6 heteroatoms. The van der Waals surface area contributed by atoms with Gasteiger partial charge in [0.15, 0.2) is 5.75 Å². The van der Waals surface area contributed by atoms with Gasteiger partial charge in [-0.15, -0.1) is 0 Å². The molecule has 0 amide bonds. The molecule has 0 spiro atoms. The van der Waals surface area contributed by atoms with E-state index in [1.54, 1.807) is 6.20 Å². The first-order valence-corrected chi connectivity index (χ1v) is 7.32. The molecule has 3 rings (SSSR count). The number of pyridine rings is 1. The van der Waals surface area contributed by atoms with E-state index in [-0.39, 0.29) is 5.82 Å². The molecule has 0 radical (unpaired) electrons. The molecule has 0 atom stereocenters. The Balaban J connectivity index is 1.72. The number of nitrogens with one attached hydrogen (secondary N) is 1. The van der Waals surface area contributed by atoms with E-state index < -0.39 is 0 Å². The lowest BCUT2D eigenvalue weighted by Gasteiger charge is -2.09. The van der Waals surface area contributed by atoms with Gasteiger partial charge in [-0.1, -0.05) is 6.92 Å². The number of rotatable bonds is 7. The van der Waals surface area contributed by atoms with Crippen LogP contribution >= 0.6 is 0 Å². The fourth-order valence-corrected chi connectivity index (χ4v) is 2.09. The lowest BCUT2D eigenvalue weighted by atomic mass is 10.2. The van der Waals surface area contributed by atoms with Crippen LogP contribution in [0.15, 0.2) is 24.7 Å². The molecule has 1 N–H and O–H groups in total. The van der Waals surface area contributed by atoms with Gasteiger partial charge in [-0.25, -0.2) is 9.37 Å². The van der Waals surface area contributed by atoms with Gasteiger partial charge in [0.25, 0.3) is 0 Å². The van der Waals surface area contributed by atoms with Gasteiger partial charge in [0.1, 0.15) is 5.82 Å². The second-order valence-corrected chi connectivity index (χ2v) is 5.31. The van der Waals surface area contributed by atoms with Crippen LogP contribution in [0.4, 0.5) is 4.39 Å². The Hall–Kier alpha value is -1.95. The van der Waals surface area contributed by atoms with Gasteiger partial charge >= 0.3 is 0 Å². The van der Waals surface area contributed by atoms with Crippen LogP contribution < -0.4 is 10.1 Å². The summed E-state index contributed by atoms with van der Waals surface area (Å²) in [5.41, 5.74) is 0.727. The Kier molecular flexibility index (Phi) is 4.15. The summed E-state index contributed by atoms with van der Waals surface area (Å²) in [6.45, 7) is 3.50. The van der Waals surface area contributed by atoms with Gasteiger partial charge in [0.2, 0.25) is 5.88 Å². The highest BCUT2D eigenvalue weighted by Gasteiger charge is 2.21. The molecule has 1 saturated carbocycles. The number of aryl methyl sites for hydroxylation is 1. The maximum absolute atomic E-state index is 13.4. The van der Waals surface area contributed by atoms with Crippen molar-refractivity contribution in [3.63, 3.8) is 0 Å². The van der Waals surface area contributed by atoms with Crippen molar-refractivity contribution in [1.29, 1.82) is 0 Å². The molecule has 1 aliphatic rings. The molecule has 1 aliphatic carbocycles. The third kappa shape index (κ3) is 3.78. The molecule has 2 aromatic rings. The zero-order valence-corrected chi connectivity index (χ0v) is 12.1. The number of hydrogen-bond acceptors (Lipinski definition) is 4. The predicted octanol–water partition coefficient (Wildman–Crippen LogP) is 2.87. The largest absolute Gasteiger partial charge is 0.435 e. The van der Waals surface area contributed by atoms with Crippen molar-refractivity contribution in [3.05, 3.63) is 36.0 Å². The zero-order chi connectivity index (χ0) is 14.7. The van der Waals surface area contributed by atoms with Crippen LogP contribution in [0.25, 0.3) is 0 Å².